The van der Waals surface area contributed by atoms with E-state index in [2.05, 4.69) is 13.8 Å². The average molecular weight is 321 g/mol. The molecule has 0 bridgehead atoms. The van der Waals surface area contributed by atoms with Gasteiger partial charge in [0.15, 0.2) is 0 Å². The van der Waals surface area contributed by atoms with Crippen LogP contribution >= 0.6 is 0 Å². The zero-order valence-electron chi connectivity index (χ0n) is 14.6. The van der Waals surface area contributed by atoms with Gasteiger partial charge in [-0.25, -0.2) is 0 Å². The average Bonchev–Trinajstić information content (AvgIpc) is 2.56. The molecule has 1 aromatic carbocycles. The smallest absolute Gasteiger partial charge is 0.323 e. The number of ether oxygens (including phenoxy) is 2. The summed E-state index contributed by atoms with van der Waals surface area (Å²) in [4.78, 5) is 11.7. The minimum atomic E-state index is -0.604. The first-order chi connectivity index (χ1) is 11.2. The Morgan fingerprint density at radius 3 is 2.35 bits per heavy atom. The van der Waals surface area contributed by atoms with E-state index in [0.29, 0.717) is 13.0 Å². The summed E-state index contributed by atoms with van der Waals surface area (Å²) in [7, 11) is 0. The molecule has 0 saturated heterocycles. The van der Waals surface area contributed by atoms with Gasteiger partial charge in [0.1, 0.15) is 11.8 Å². The standard InChI is InChI=1S/C19H31NO3/c1-3-5-7-8-14-22-17-11-9-16(10-12-17)15-18(20)19(21)23-13-6-4-2/h9-12,18H,3-8,13-15,20H2,1-2H3. The summed E-state index contributed by atoms with van der Waals surface area (Å²) in [6.45, 7) is 5.46. The Morgan fingerprint density at radius 1 is 1.00 bits per heavy atom. The van der Waals surface area contributed by atoms with E-state index in [1.165, 1.54) is 19.3 Å². The van der Waals surface area contributed by atoms with Crippen molar-refractivity contribution >= 4 is 5.97 Å². The summed E-state index contributed by atoms with van der Waals surface area (Å²) in [5, 5.41) is 0. The number of esters is 1. The highest BCUT2D eigenvalue weighted by Gasteiger charge is 2.15. The van der Waals surface area contributed by atoms with Crippen LogP contribution in [0.3, 0.4) is 0 Å². The van der Waals surface area contributed by atoms with E-state index in [-0.39, 0.29) is 5.97 Å². The van der Waals surface area contributed by atoms with E-state index in [0.717, 1.165) is 37.2 Å². The lowest BCUT2D eigenvalue weighted by Crippen LogP contribution is -2.34. The number of nitrogens with two attached hydrogens (primary N) is 1. The van der Waals surface area contributed by atoms with Crippen molar-refractivity contribution in [3.63, 3.8) is 0 Å². The van der Waals surface area contributed by atoms with Crippen molar-refractivity contribution in [1.29, 1.82) is 0 Å². The molecule has 0 heterocycles. The maximum atomic E-state index is 11.7. The molecule has 0 aromatic heterocycles. The van der Waals surface area contributed by atoms with Gasteiger partial charge in [0, 0.05) is 0 Å². The Labute approximate surface area is 140 Å². The zero-order chi connectivity index (χ0) is 16.9. The molecular formula is C19H31NO3. The van der Waals surface area contributed by atoms with E-state index in [1.807, 2.05) is 24.3 Å². The number of carbonyl (C=O) groups is 1. The Morgan fingerprint density at radius 2 is 1.70 bits per heavy atom. The second-order valence-electron chi connectivity index (χ2n) is 5.88. The number of benzene rings is 1. The molecule has 4 heteroatoms. The third kappa shape index (κ3) is 8.60. The molecule has 0 radical (unpaired) electrons. The molecule has 0 aliphatic carbocycles. The molecule has 0 aliphatic rings. The van der Waals surface area contributed by atoms with Gasteiger partial charge in [-0.05, 0) is 37.0 Å². The molecule has 0 aliphatic heterocycles. The first kappa shape index (κ1) is 19.5. The monoisotopic (exact) mass is 321 g/mol. The van der Waals surface area contributed by atoms with Gasteiger partial charge in [0.2, 0.25) is 0 Å². The molecule has 130 valence electrons. The second-order valence-corrected chi connectivity index (χ2v) is 5.88. The molecule has 2 N–H and O–H groups in total. The van der Waals surface area contributed by atoms with Crippen molar-refractivity contribution in [2.45, 2.75) is 64.8 Å². The number of hydrogen-bond donors (Lipinski definition) is 1. The molecule has 0 spiro atoms. The predicted molar refractivity (Wildman–Crippen MR) is 93.6 cm³/mol. The Bertz CT molecular complexity index is 431. The largest absolute Gasteiger partial charge is 0.494 e. The van der Waals surface area contributed by atoms with Gasteiger partial charge < -0.3 is 15.2 Å². The number of carbonyl (C=O) groups excluding carboxylic acids is 1. The third-order valence-electron chi connectivity index (χ3n) is 3.69. The van der Waals surface area contributed by atoms with Gasteiger partial charge in [-0.3, -0.25) is 4.79 Å². The van der Waals surface area contributed by atoms with Gasteiger partial charge in [-0.2, -0.15) is 0 Å². The highest BCUT2D eigenvalue weighted by atomic mass is 16.5. The topological polar surface area (TPSA) is 61.5 Å². The van der Waals surface area contributed by atoms with Gasteiger partial charge in [0.05, 0.1) is 13.2 Å². The zero-order valence-corrected chi connectivity index (χ0v) is 14.6. The maximum absolute atomic E-state index is 11.7. The van der Waals surface area contributed by atoms with Crippen LogP contribution in [0.4, 0.5) is 0 Å². The molecule has 1 unspecified atom stereocenters. The summed E-state index contributed by atoms with van der Waals surface area (Å²) in [5.74, 6) is 0.541. The van der Waals surface area contributed by atoms with Crippen molar-refractivity contribution in [3.8, 4) is 5.75 Å². The highest BCUT2D eigenvalue weighted by molar-refractivity contribution is 5.75. The fraction of sp³-hybridized carbons (Fsp3) is 0.632. The molecule has 0 fully saturated rings. The van der Waals surface area contributed by atoms with Gasteiger partial charge in [-0.1, -0.05) is 51.7 Å². The first-order valence-electron chi connectivity index (χ1n) is 8.81. The Kier molecular flexibility index (Phi) is 10.1. The maximum Gasteiger partial charge on any atom is 0.323 e. The van der Waals surface area contributed by atoms with Crippen molar-refractivity contribution in [1.82, 2.24) is 0 Å². The van der Waals surface area contributed by atoms with Crippen LogP contribution in [0.5, 0.6) is 5.75 Å². The van der Waals surface area contributed by atoms with Crippen molar-refractivity contribution in [2.75, 3.05) is 13.2 Å². The van der Waals surface area contributed by atoms with Crippen LogP contribution in [-0.4, -0.2) is 25.2 Å². The van der Waals surface area contributed by atoms with Crippen LogP contribution < -0.4 is 10.5 Å². The van der Waals surface area contributed by atoms with Crippen LogP contribution in [0, 0.1) is 0 Å². The van der Waals surface area contributed by atoms with E-state index in [4.69, 9.17) is 15.2 Å². The molecule has 1 aromatic rings. The predicted octanol–water partition coefficient (Wildman–Crippen LogP) is 3.86. The van der Waals surface area contributed by atoms with Crippen molar-refractivity contribution < 1.29 is 14.3 Å². The molecule has 0 saturated carbocycles. The fourth-order valence-electron chi connectivity index (χ4n) is 2.20. The minimum Gasteiger partial charge on any atom is -0.494 e. The molecule has 1 rings (SSSR count). The molecule has 1 atom stereocenters. The molecule has 23 heavy (non-hydrogen) atoms. The van der Waals surface area contributed by atoms with Gasteiger partial charge in [0.25, 0.3) is 0 Å². The lowest BCUT2D eigenvalue weighted by atomic mass is 10.1. The summed E-state index contributed by atoms with van der Waals surface area (Å²) in [6, 6.07) is 7.18. The minimum absolute atomic E-state index is 0.324. The second kappa shape index (κ2) is 11.9. The Balaban J connectivity index is 2.31. The fourth-order valence-corrected chi connectivity index (χ4v) is 2.20. The third-order valence-corrected chi connectivity index (χ3v) is 3.69. The molecule has 0 amide bonds. The molecule has 4 nitrogen and oxygen atoms in total. The van der Waals surface area contributed by atoms with Crippen LogP contribution in [0.2, 0.25) is 0 Å². The summed E-state index contributed by atoms with van der Waals surface area (Å²) >= 11 is 0. The van der Waals surface area contributed by atoms with Gasteiger partial charge in [-0.15, -0.1) is 0 Å². The highest BCUT2D eigenvalue weighted by Crippen LogP contribution is 2.14. The first-order valence-corrected chi connectivity index (χ1v) is 8.81. The number of rotatable bonds is 12. The van der Waals surface area contributed by atoms with E-state index >= 15 is 0 Å². The number of hydrogen-bond acceptors (Lipinski definition) is 4. The van der Waals surface area contributed by atoms with E-state index in [9.17, 15) is 4.79 Å². The van der Waals surface area contributed by atoms with Crippen LogP contribution in [0.25, 0.3) is 0 Å². The van der Waals surface area contributed by atoms with Crippen molar-refractivity contribution in [2.24, 2.45) is 5.73 Å². The quantitative estimate of drug-likeness (QED) is 0.469. The lowest BCUT2D eigenvalue weighted by Gasteiger charge is -2.12. The van der Waals surface area contributed by atoms with Crippen LogP contribution in [0.15, 0.2) is 24.3 Å². The SMILES string of the molecule is CCCCCCOc1ccc(CC(N)C(=O)OCCCC)cc1. The van der Waals surface area contributed by atoms with E-state index < -0.39 is 6.04 Å². The number of unbranched alkanes of at least 4 members (excludes halogenated alkanes) is 4. The summed E-state index contributed by atoms with van der Waals surface area (Å²) in [5.41, 5.74) is 6.91. The summed E-state index contributed by atoms with van der Waals surface area (Å²) < 4.78 is 10.8. The normalized spacial score (nSPS) is 12.0. The van der Waals surface area contributed by atoms with Crippen LogP contribution in [0.1, 0.15) is 57.9 Å². The summed E-state index contributed by atoms with van der Waals surface area (Å²) in [6.07, 6.45) is 7.16. The van der Waals surface area contributed by atoms with Crippen LogP contribution in [-0.2, 0) is 16.0 Å². The van der Waals surface area contributed by atoms with Crippen molar-refractivity contribution in [3.05, 3.63) is 29.8 Å². The van der Waals surface area contributed by atoms with E-state index in [1.54, 1.807) is 0 Å². The lowest BCUT2D eigenvalue weighted by molar-refractivity contribution is -0.145. The van der Waals surface area contributed by atoms with Gasteiger partial charge >= 0.3 is 5.97 Å². The molecular weight excluding hydrogens is 290 g/mol. The Hall–Kier alpha value is -1.55.